The number of anilines is 1. The molecule has 2 atom stereocenters. The van der Waals surface area contributed by atoms with Crippen LogP contribution in [-0.4, -0.2) is 53.0 Å². The van der Waals surface area contributed by atoms with Gasteiger partial charge in [0.2, 0.25) is 5.91 Å². The van der Waals surface area contributed by atoms with E-state index in [-0.39, 0.29) is 30.0 Å². The number of methoxy groups -OCH3 is 1. The van der Waals surface area contributed by atoms with E-state index in [1.165, 1.54) is 11.8 Å². The molecule has 0 spiro atoms. The lowest BCUT2D eigenvalue weighted by Gasteiger charge is -2.18. The van der Waals surface area contributed by atoms with Crippen molar-refractivity contribution in [2.24, 2.45) is 0 Å². The Kier molecular flexibility index (Phi) is 9.55. The number of hydrogen-bond donors (Lipinski definition) is 2. The summed E-state index contributed by atoms with van der Waals surface area (Å²) in [6.07, 6.45) is 2.57. The molecule has 1 fully saturated rings. The zero-order valence-corrected chi connectivity index (χ0v) is 24.5. The third-order valence-electron chi connectivity index (χ3n) is 7.15. The first-order valence-corrected chi connectivity index (χ1v) is 14.9. The third-order valence-corrected chi connectivity index (χ3v) is 8.50. The van der Waals surface area contributed by atoms with E-state index in [1.54, 1.807) is 48.1 Å². The minimum atomic E-state index is -0.495. The van der Waals surface area contributed by atoms with Gasteiger partial charge in [-0.3, -0.25) is 19.0 Å². The maximum absolute atomic E-state index is 13.7. The van der Waals surface area contributed by atoms with Crippen LogP contribution < -0.4 is 20.9 Å². The molecule has 0 aliphatic carbocycles. The van der Waals surface area contributed by atoms with E-state index in [9.17, 15) is 14.4 Å². The van der Waals surface area contributed by atoms with Crippen molar-refractivity contribution in [3.05, 3.63) is 94.3 Å². The number of nitrogens with zero attached hydrogens (tertiary/aromatic N) is 2. The van der Waals surface area contributed by atoms with Gasteiger partial charge in [-0.15, -0.1) is 0 Å². The molecule has 1 saturated heterocycles. The molecule has 1 aliphatic rings. The monoisotopic (exact) mass is 586 g/mol. The van der Waals surface area contributed by atoms with Gasteiger partial charge in [0.05, 0.1) is 35.9 Å². The number of nitrogens with one attached hydrogen (secondary N) is 2. The average molecular weight is 587 g/mol. The van der Waals surface area contributed by atoms with Crippen molar-refractivity contribution in [1.29, 1.82) is 0 Å². The van der Waals surface area contributed by atoms with Gasteiger partial charge in [0, 0.05) is 30.5 Å². The Bertz CT molecular complexity index is 1620. The molecule has 0 saturated carbocycles. The first-order valence-electron chi connectivity index (χ1n) is 14.0. The largest absolute Gasteiger partial charge is 0.497 e. The van der Waals surface area contributed by atoms with Crippen LogP contribution in [0, 0.1) is 0 Å². The Labute approximate surface area is 248 Å². The molecule has 218 valence electrons. The normalized spacial score (nSPS) is 15.3. The van der Waals surface area contributed by atoms with E-state index in [1.807, 2.05) is 43.3 Å². The number of benzene rings is 3. The van der Waals surface area contributed by atoms with E-state index < -0.39 is 5.25 Å². The van der Waals surface area contributed by atoms with Crippen molar-refractivity contribution in [2.45, 2.75) is 49.2 Å². The summed E-state index contributed by atoms with van der Waals surface area (Å²) in [4.78, 5) is 44.4. The standard InChI is InChI=1S/C32H34N4O5S/c1-3-28(30(38)34-23-8-6-9-24(18-23)40-2)42-32-35-27-12-5-4-11-26(27)31(39)36(32)20-21-13-15-22(16-14-21)29(37)33-19-25-10-7-17-41-25/h4-6,8-9,11-16,18,25,28H,3,7,10,17,19-20H2,1-2H3,(H,33,37)(H,34,38). The minimum Gasteiger partial charge on any atom is -0.497 e. The highest BCUT2D eigenvalue weighted by molar-refractivity contribution is 8.00. The van der Waals surface area contributed by atoms with Crippen molar-refractivity contribution < 1.29 is 19.1 Å². The molecule has 5 rings (SSSR count). The van der Waals surface area contributed by atoms with Crippen LogP contribution in [-0.2, 0) is 16.1 Å². The predicted octanol–water partition coefficient (Wildman–Crippen LogP) is 4.87. The van der Waals surface area contributed by atoms with Crippen LogP contribution in [0.15, 0.2) is 82.7 Å². The van der Waals surface area contributed by atoms with E-state index >= 15 is 0 Å². The summed E-state index contributed by atoms with van der Waals surface area (Å²) in [6, 6.07) is 21.6. The molecule has 0 bridgehead atoms. The van der Waals surface area contributed by atoms with Crippen LogP contribution in [0.4, 0.5) is 5.69 Å². The van der Waals surface area contributed by atoms with Gasteiger partial charge in [0.1, 0.15) is 5.75 Å². The molecule has 4 aromatic rings. The molecule has 2 heterocycles. The SMILES string of the molecule is CCC(Sc1nc2ccccc2c(=O)n1Cc1ccc(C(=O)NCC2CCCO2)cc1)C(=O)Nc1cccc(OC)c1. The highest BCUT2D eigenvalue weighted by atomic mass is 32.2. The van der Waals surface area contributed by atoms with Gasteiger partial charge in [-0.2, -0.15) is 0 Å². The number of rotatable bonds is 11. The van der Waals surface area contributed by atoms with Crippen molar-refractivity contribution in [3.63, 3.8) is 0 Å². The minimum absolute atomic E-state index is 0.0703. The molecule has 42 heavy (non-hydrogen) atoms. The fraction of sp³-hybridized carbons (Fsp3) is 0.312. The van der Waals surface area contributed by atoms with Crippen molar-refractivity contribution in [1.82, 2.24) is 14.9 Å². The first-order chi connectivity index (χ1) is 20.4. The molecular formula is C32H34N4O5S. The van der Waals surface area contributed by atoms with Gasteiger partial charge in [-0.05, 0) is 61.2 Å². The lowest BCUT2D eigenvalue weighted by atomic mass is 10.1. The summed E-state index contributed by atoms with van der Waals surface area (Å²) >= 11 is 1.26. The number of fused-ring (bicyclic) bond motifs is 1. The van der Waals surface area contributed by atoms with Gasteiger partial charge in [0.25, 0.3) is 11.5 Å². The van der Waals surface area contributed by atoms with Crippen LogP contribution >= 0.6 is 11.8 Å². The summed E-state index contributed by atoms with van der Waals surface area (Å²) < 4.78 is 12.4. The number of para-hydroxylation sites is 1. The summed E-state index contributed by atoms with van der Waals surface area (Å²) in [5.74, 6) is 0.290. The van der Waals surface area contributed by atoms with E-state index in [0.717, 1.165) is 25.0 Å². The van der Waals surface area contributed by atoms with Crippen molar-refractivity contribution >= 4 is 40.2 Å². The number of carbonyl (C=O) groups excluding carboxylic acids is 2. The second kappa shape index (κ2) is 13.7. The second-order valence-electron chi connectivity index (χ2n) is 10.1. The van der Waals surface area contributed by atoms with Gasteiger partial charge in [-0.25, -0.2) is 4.98 Å². The van der Waals surface area contributed by atoms with Crippen molar-refractivity contribution in [3.8, 4) is 5.75 Å². The quantitative estimate of drug-likeness (QED) is 0.191. The summed E-state index contributed by atoms with van der Waals surface area (Å²) in [6.45, 7) is 3.40. The predicted molar refractivity (Wildman–Crippen MR) is 164 cm³/mol. The van der Waals surface area contributed by atoms with Gasteiger partial charge >= 0.3 is 0 Å². The lowest BCUT2D eigenvalue weighted by molar-refractivity contribution is -0.115. The molecule has 10 heteroatoms. The van der Waals surface area contributed by atoms with E-state index in [2.05, 4.69) is 10.6 Å². The Hall–Kier alpha value is -4.15. The second-order valence-corrected chi connectivity index (χ2v) is 11.3. The Morgan fingerprint density at radius 3 is 2.67 bits per heavy atom. The molecule has 2 N–H and O–H groups in total. The Morgan fingerprint density at radius 2 is 1.93 bits per heavy atom. The number of aromatic nitrogens is 2. The summed E-state index contributed by atoms with van der Waals surface area (Å²) in [5, 5.41) is 6.34. The topological polar surface area (TPSA) is 112 Å². The highest BCUT2D eigenvalue weighted by Gasteiger charge is 2.23. The Morgan fingerprint density at radius 1 is 1.12 bits per heavy atom. The molecule has 1 aliphatic heterocycles. The number of thioether (sulfide) groups is 1. The third kappa shape index (κ3) is 7.00. The lowest BCUT2D eigenvalue weighted by Crippen LogP contribution is -2.31. The van der Waals surface area contributed by atoms with Crippen LogP contribution in [0.3, 0.4) is 0 Å². The molecule has 9 nitrogen and oxygen atoms in total. The van der Waals surface area contributed by atoms with Gasteiger partial charge in [0.15, 0.2) is 5.16 Å². The van der Waals surface area contributed by atoms with Gasteiger partial charge in [-0.1, -0.05) is 49.0 Å². The van der Waals surface area contributed by atoms with Crippen LogP contribution in [0.5, 0.6) is 5.75 Å². The molecule has 0 radical (unpaired) electrons. The van der Waals surface area contributed by atoms with Gasteiger partial charge < -0.3 is 20.1 Å². The molecule has 1 aromatic heterocycles. The number of hydrogen-bond acceptors (Lipinski definition) is 7. The van der Waals surface area contributed by atoms with E-state index in [0.29, 0.717) is 46.0 Å². The molecule has 2 unspecified atom stereocenters. The fourth-order valence-corrected chi connectivity index (χ4v) is 5.82. The number of carbonyl (C=O) groups is 2. The first kappa shape index (κ1) is 29.3. The Balaban J connectivity index is 1.36. The van der Waals surface area contributed by atoms with Crippen LogP contribution in [0.1, 0.15) is 42.1 Å². The van der Waals surface area contributed by atoms with Crippen LogP contribution in [0.25, 0.3) is 10.9 Å². The summed E-state index contributed by atoms with van der Waals surface area (Å²) in [5.41, 5.74) is 2.38. The fourth-order valence-electron chi connectivity index (χ4n) is 4.81. The average Bonchev–Trinajstić information content (AvgIpc) is 3.54. The van der Waals surface area contributed by atoms with Crippen molar-refractivity contribution in [2.75, 3.05) is 25.6 Å². The highest BCUT2D eigenvalue weighted by Crippen LogP contribution is 2.27. The number of ether oxygens (including phenoxy) is 2. The maximum Gasteiger partial charge on any atom is 0.262 e. The molecule has 2 amide bonds. The van der Waals surface area contributed by atoms with E-state index in [4.69, 9.17) is 14.5 Å². The zero-order valence-electron chi connectivity index (χ0n) is 23.7. The maximum atomic E-state index is 13.7. The van der Waals surface area contributed by atoms with Crippen LogP contribution in [0.2, 0.25) is 0 Å². The molecule has 3 aromatic carbocycles. The zero-order chi connectivity index (χ0) is 29.5. The summed E-state index contributed by atoms with van der Waals surface area (Å²) in [7, 11) is 1.57. The molecular weight excluding hydrogens is 552 g/mol. The number of amides is 2. The smallest absolute Gasteiger partial charge is 0.262 e.